The van der Waals surface area contributed by atoms with Crippen molar-refractivity contribution in [2.75, 3.05) is 14.2 Å². The monoisotopic (exact) mass is 348 g/mol. The van der Waals surface area contributed by atoms with Gasteiger partial charge in [-0.2, -0.15) is 0 Å². The molecule has 2 aromatic carbocycles. The maximum absolute atomic E-state index is 12.6. The Balaban J connectivity index is 2.59. The Morgan fingerprint density at radius 2 is 1.38 bits per heavy atom. The van der Waals surface area contributed by atoms with Gasteiger partial charge in [0.05, 0.1) is 30.9 Å². The van der Waals surface area contributed by atoms with Crippen molar-refractivity contribution in [3.63, 3.8) is 0 Å². The number of rotatable bonds is 4. The molecule has 0 saturated carbocycles. The smallest absolute Gasteiger partial charge is 0.337 e. The van der Waals surface area contributed by atoms with Crippen LogP contribution in [-0.4, -0.2) is 37.0 Å². The summed E-state index contributed by atoms with van der Waals surface area (Å²) in [6.07, 6.45) is 0. The summed E-state index contributed by atoms with van der Waals surface area (Å²) < 4.78 is 9.23. The molecule has 0 saturated heterocycles. The molecule has 0 atom stereocenters. The van der Waals surface area contributed by atoms with Crippen molar-refractivity contribution in [3.05, 3.63) is 63.7 Å². The SMILES string of the molecule is COC(=O)c1cc(C(=O)OC)cc(C(=O)c2cc(Cl)ccc2O)c1. The normalized spacial score (nSPS) is 10.1. The average molecular weight is 349 g/mol. The first kappa shape index (κ1) is 17.5. The molecular weight excluding hydrogens is 336 g/mol. The Labute approximate surface area is 142 Å². The molecule has 6 nitrogen and oxygen atoms in total. The Hall–Kier alpha value is -2.86. The summed E-state index contributed by atoms with van der Waals surface area (Å²) in [5, 5.41) is 10.1. The fourth-order valence-electron chi connectivity index (χ4n) is 2.08. The minimum absolute atomic E-state index is 0.00488. The molecule has 0 aliphatic carbocycles. The van der Waals surface area contributed by atoms with E-state index in [1.54, 1.807) is 0 Å². The zero-order chi connectivity index (χ0) is 17.9. The van der Waals surface area contributed by atoms with Crippen LogP contribution >= 0.6 is 11.6 Å². The number of carbonyl (C=O) groups excluding carboxylic acids is 3. The van der Waals surface area contributed by atoms with E-state index in [2.05, 4.69) is 9.47 Å². The predicted molar refractivity (Wildman–Crippen MR) is 85.7 cm³/mol. The lowest BCUT2D eigenvalue weighted by molar-refractivity contribution is 0.0599. The second-order valence-corrected chi connectivity index (χ2v) is 5.21. The van der Waals surface area contributed by atoms with Gasteiger partial charge in [0.15, 0.2) is 5.78 Å². The molecule has 2 aromatic rings. The number of methoxy groups -OCH3 is 2. The van der Waals surface area contributed by atoms with E-state index in [0.29, 0.717) is 0 Å². The first-order valence-corrected chi connectivity index (χ1v) is 7.10. The third-order valence-electron chi connectivity index (χ3n) is 3.24. The van der Waals surface area contributed by atoms with Crippen LogP contribution in [-0.2, 0) is 9.47 Å². The Morgan fingerprint density at radius 1 is 0.875 bits per heavy atom. The fraction of sp³-hybridized carbons (Fsp3) is 0.118. The number of phenolic OH excluding ortho intramolecular Hbond substituents is 1. The lowest BCUT2D eigenvalue weighted by Gasteiger charge is -2.09. The van der Waals surface area contributed by atoms with Gasteiger partial charge in [0.25, 0.3) is 0 Å². The van der Waals surface area contributed by atoms with Gasteiger partial charge in [-0.1, -0.05) is 11.6 Å². The first-order valence-electron chi connectivity index (χ1n) is 6.72. The maximum Gasteiger partial charge on any atom is 0.337 e. The van der Waals surface area contributed by atoms with Crippen LogP contribution in [0.3, 0.4) is 0 Å². The van der Waals surface area contributed by atoms with E-state index in [-0.39, 0.29) is 33.0 Å². The molecule has 0 amide bonds. The molecule has 0 aliphatic rings. The van der Waals surface area contributed by atoms with E-state index < -0.39 is 17.7 Å². The number of halogens is 1. The highest BCUT2D eigenvalue weighted by molar-refractivity contribution is 6.31. The van der Waals surface area contributed by atoms with Gasteiger partial charge in [-0.3, -0.25) is 4.79 Å². The van der Waals surface area contributed by atoms with Crippen molar-refractivity contribution in [1.82, 2.24) is 0 Å². The molecule has 0 radical (unpaired) electrons. The number of phenols is 1. The van der Waals surface area contributed by atoms with Crippen molar-refractivity contribution < 1.29 is 29.0 Å². The van der Waals surface area contributed by atoms with Crippen LogP contribution in [0, 0.1) is 0 Å². The summed E-state index contributed by atoms with van der Waals surface area (Å²) in [7, 11) is 2.36. The summed E-state index contributed by atoms with van der Waals surface area (Å²) in [5.41, 5.74) is -0.0354. The van der Waals surface area contributed by atoms with Gasteiger partial charge in [-0.15, -0.1) is 0 Å². The molecule has 7 heteroatoms. The average Bonchev–Trinajstić information content (AvgIpc) is 2.61. The van der Waals surface area contributed by atoms with Gasteiger partial charge < -0.3 is 14.6 Å². The lowest BCUT2D eigenvalue weighted by atomic mass is 9.98. The maximum atomic E-state index is 12.6. The van der Waals surface area contributed by atoms with E-state index in [1.165, 1.54) is 50.6 Å². The minimum atomic E-state index is -0.717. The molecule has 2 rings (SSSR count). The van der Waals surface area contributed by atoms with Crippen LogP contribution in [0.5, 0.6) is 5.75 Å². The highest BCUT2D eigenvalue weighted by atomic mass is 35.5. The number of hydrogen-bond donors (Lipinski definition) is 1. The molecule has 1 N–H and O–H groups in total. The molecule has 0 aromatic heterocycles. The van der Waals surface area contributed by atoms with Crippen LogP contribution in [0.4, 0.5) is 0 Å². The van der Waals surface area contributed by atoms with E-state index >= 15 is 0 Å². The third-order valence-corrected chi connectivity index (χ3v) is 3.48. The number of ether oxygens (including phenoxy) is 2. The second-order valence-electron chi connectivity index (χ2n) is 4.77. The third kappa shape index (κ3) is 3.55. The van der Waals surface area contributed by atoms with Crippen LogP contribution in [0.15, 0.2) is 36.4 Å². The van der Waals surface area contributed by atoms with E-state index in [1.807, 2.05) is 0 Å². The molecule has 124 valence electrons. The quantitative estimate of drug-likeness (QED) is 0.675. The van der Waals surface area contributed by atoms with Crippen LogP contribution < -0.4 is 0 Å². The molecule has 0 bridgehead atoms. The van der Waals surface area contributed by atoms with Crippen molar-refractivity contribution in [2.45, 2.75) is 0 Å². The van der Waals surface area contributed by atoms with Crippen LogP contribution in [0.1, 0.15) is 36.6 Å². The summed E-state index contributed by atoms with van der Waals surface area (Å²) in [5.74, 6) is -2.31. The molecule has 0 heterocycles. The minimum Gasteiger partial charge on any atom is -0.507 e. The van der Waals surface area contributed by atoms with Crippen LogP contribution in [0.25, 0.3) is 0 Å². The van der Waals surface area contributed by atoms with Gasteiger partial charge in [0.2, 0.25) is 0 Å². The highest BCUT2D eigenvalue weighted by Crippen LogP contribution is 2.25. The van der Waals surface area contributed by atoms with Crippen molar-refractivity contribution in [2.24, 2.45) is 0 Å². The molecule has 0 spiro atoms. The molecular formula is C17H13ClO6. The van der Waals surface area contributed by atoms with Crippen molar-refractivity contribution in [3.8, 4) is 5.75 Å². The summed E-state index contributed by atoms with van der Waals surface area (Å²) >= 11 is 5.85. The van der Waals surface area contributed by atoms with E-state index in [9.17, 15) is 19.5 Å². The highest BCUT2D eigenvalue weighted by Gasteiger charge is 2.20. The Morgan fingerprint density at radius 3 is 1.88 bits per heavy atom. The zero-order valence-electron chi connectivity index (χ0n) is 12.8. The lowest BCUT2D eigenvalue weighted by Crippen LogP contribution is -2.11. The fourth-order valence-corrected chi connectivity index (χ4v) is 2.25. The van der Waals surface area contributed by atoms with Gasteiger partial charge in [0.1, 0.15) is 5.75 Å². The predicted octanol–water partition coefficient (Wildman–Crippen LogP) is 2.85. The number of carbonyl (C=O) groups is 3. The summed E-state index contributed by atoms with van der Waals surface area (Å²) in [4.78, 5) is 36.1. The second kappa shape index (κ2) is 7.14. The number of hydrogen-bond acceptors (Lipinski definition) is 6. The number of ketones is 1. The van der Waals surface area contributed by atoms with Crippen LogP contribution in [0.2, 0.25) is 5.02 Å². The largest absolute Gasteiger partial charge is 0.507 e. The Bertz CT molecular complexity index is 794. The topological polar surface area (TPSA) is 89.9 Å². The number of esters is 2. The number of aromatic hydroxyl groups is 1. The van der Waals surface area contributed by atoms with E-state index in [4.69, 9.17) is 11.6 Å². The van der Waals surface area contributed by atoms with Crippen molar-refractivity contribution >= 4 is 29.3 Å². The summed E-state index contributed by atoms with van der Waals surface area (Å²) in [6, 6.07) is 7.79. The molecule has 0 aliphatic heterocycles. The standard InChI is InChI=1S/C17H13ClO6/c1-23-16(21)10-5-9(6-11(7-10)17(22)24-2)15(20)13-8-12(18)3-4-14(13)19/h3-8,19H,1-2H3. The van der Waals surface area contributed by atoms with Gasteiger partial charge in [0, 0.05) is 10.6 Å². The summed E-state index contributed by atoms with van der Waals surface area (Å²) in [6.45, 7) is 0. The molecule has 24 heavy (non-hydrogen) atoms. The van der Waals surface area contributed by atoms with Crippen molar-refractivity contribution in [1.29, 1.82) is 0 Å². The zero-order valence-corrected chi connectivity index (χ0v) is 13.6. The first-order chi connectivity index (χ1) is 11.4. The molecule has 0 fully saturated rings. The van der Waals surface area contributed by atoms with Gasteiger partial charge in [-0.25, -0.2) is 9.59 Å². The molecule has 0 unspecified atom stereocenters. The van der Waals surface area contributed by atoms with E-state index in [0.717, 1.165) is 0 Å². The number of benzene rings is 2. The Kier molecular flexibility index (Phi) is 5.21. The van der Waals surface area contributed by atoms with Gasteiger partial charge in [-0.05, 0) is 36.4 Å². The van der Waals surface area contributed by atoms with Gasteiger partial charge >= 0.3 is 11.9 Å².